The standard InChI is InChI=1S/C22H22N2O7S/c1-14-21(19-13-17(31-15(2)25)5-8-20(19)30-14)22(26)23-16-3-6-18(7-4-16)32(27,28)24-9-11-29-12-10-24/h3-8,13H,9-12H2,1-2H3,(H,23,26). The molecule has 0 bridgehead atoms. The Labute approximate surface area is 184 Å². The number of hydrogen-bond donors (Lipinski definition) is 1. The Bertz CT molecular complexity index is 1270. The van der Waals surface area contributed by atoms with E-state index in [-0.39, 0.29) is 4.90 Å². The van der Waals surface area contributed by atoms with Crippen LogP contribution in [0.5, 0.6) is 5.75 Å². The van der Waals surface area contributed by atoms with Gasteiger partial charge in [0.05, 0.1) is 23.7 Å². The van der Waals surface area contributed by atoms with Crippen LogP contribution in [0, 0.1) is 6.92 Å². The van der Waals surface area contributed by atoms with Crippen LogP contribution in [0.25, 0.3) is 11.0 Å². The highest BCUT2D eigenvalue weighted by Crippen LogP contribution is 2.30. The maximum atomic E-state index is 13.0. The number of furan rings is 1. The van der Waals surface area contributed by atoms with Crippen LogP contribution >= 0.6 is 0 Å². The van der Waals surface area contributed by atoms with Crippen molar-refractivity contribution in [1.82, 2.24) is 4.31 Å². The van der Waals surface area contributed by atoms with Crippen molar-refractivity contribution in [1.29, 1.82) is 0 Å². The summed E-state index contributed by atoms with van der Waals surface area (Å²) in [7, 11) is -3.62. The van der Waals surface area contributed by atoms with E-state index in [1.54, 1.807) is 25.1 Å². The molecule has 0 saturated carbocycles. The van der Waals surface area contributed by atoms with Gasteiger partial charge in [-0.2, -0.15) is 4.31 Å². The summed E-state index contributed by atoms with van der Waals surface area (Å²) in [6.45, 7) is 4.31. The van der Waals surface area contributed by atoms with Gasteiger partial charge in [-0.3, -0.25) is 9.59 Å². The molecule has 4 rings (SSSR count). The largest absolute Gasteiger partial charge is 0.461 e. The normalized spacial score (nSPS) is 14.9. The number of carbonyl (C=O) groups excluding carboxylic acids is 2. The van der Waals surface area contributed by atoms with Gasteiger partial charge in [0, 0.05) is 31.1 Å². The first kappa shape index (κ1) is 22.0. The Kier molecular flexibility index (Phi) is 6.00. The van der Waals surface area contributed by atoms with Crippen molar-refractivity contribution in [2.45, 2.75) is 18.7 Å². The molecule has 1 amide bonds. The molecular formula is C22H22N2O7S. The Morgan fingerprint density at radius 3 is 2.41 bits per heavy atom. The number of aryl methyl sites for hydroxylation is 1. The highest BCUT2D eigenvalue weighted by Gasteiger charge is 2.26. The molecule has 1 saturated heterocycles. The Balaban J connectivity index is 1.56. The van der Waals surface area contributed by atoms with Gasteiger partial charge in [0.25, 0.3) is 5.91 Å². The monoisotopic (exact) mass is 458 g/mol. The van der Waals surface area contributed by atoms with Gasteiger partial charge in [-0.15, -0.1) is 0 Å². The van der Waals surface area contributed by atoms with Crippen molar-refractivity contribution in [3.8, 4) is 5.75 Å². The second-order valence-corrected chi connectivity index (χ2v) is 9.22. The maximum Gasteiger partial charge on any atom is 0.308 e. The zero-order chi connectivity index (χ0) is 22.9. The van der Waals surface area contributed by atoms with E-state index in [4.69, 9.17) is 13.9 Å². The molecular weight excluding hydrogens is 436 g/mol. The number of morpholine rings is 1. The smallest absolute Gasteiger partial charge is 0.308 e. The second kappa shape index (κ2) is 8.73. The quantitative estimate of drug-likeness (QED) is 0.462. The highest BCUT2D eigenvalue weighted by atomic mass is 32.2. The molecule has 0 radical (unpaired) electrons. The van der Waals surface area contributed by atoms with Gasteiger partial charge in [0.1, 0.15) is 17.1 Å². The van der Waals surface area contributed by atoms with Crippen LogP contribution in [-0.4, -0.2) is 50.9 Å². The number of nitrogens with one attached hydrogen (secondary N) is 1. The van der Waals surface area contributed by atoms with Crippen LogP contribution in [-0.2, 0) is 19.6 Å². The fraction of sp³-hybridized carbons (Fsp3) is 0.273. The third-order valence-electron chi connectivity index (χ3n) is 5.04. The average Bonchev–Trinajstić information content (AvgIpc) is 3.09. The van der Waals surface area contributed by atoms with Crippen LogP contribution in [0.4, 0.5) is 5.69 Å². The number of ether oxygens (including phenoxy) is 2. The molecule has 1 aromatic heterocycles. The Hall–Kier alpha value is -3.21. The highest BCUT2D eigenvalue weighted by molar-refractivity contribution is 7.89. The van der Waals surface area contributed by atoms with Crippen molar-refractivity contribution >= 4 is 38.6 Å². The van der Waals surface area contributed by atoms with Crippen LogP contribution in [0.3, 0.4) is 0 Å². The minimum absolute atomic E-state index is 0.147. The van der Waals surface area contributed by atoms with Crippen molar-refractivity contribution in [2.24, 2.45) is 0 Å². The third kappa shape index (κ3) is 4.38. The van der Waals surface area contributed by atoms with Gasteiger partial charge < -0.3 is 19.2 Å². The lowest BCUT2D eigenvalue weighted by atomic mass is 10.1. The summed E-state index contributed by atoms with van der Waals surface area (Å²) in [4.78, 5) is 24.3. The van der Waals surface area contributed by atoms with Crippen LogP contribution in [0.2, 0.25) is 0 Å². The Morgan fingerprint density at radius 2 is 1.75 bits per heavy atom. The van der Waals surface area contributed by atoms with E-state index in [2.05, 4.69) is 5.32 Å². The van der Waals surface area contributed by atoms with E-state index >= 15 is 0 Å². The molecule has 1 aliphatic heterocycles. The number of esters is 1. The lowest BCUT2D eigenvalue weighted by Gasteiger charge is -2.26. The van der Waals surface area contributed by atoms with Gasteiger partial charge in [-0.05, 0) is 49.4 Å². The first-order chi connectivity index (χ1) is 15.3. The molecule has 0 atom stereocenters. The van der Waals surface area contributed by atoms with Crippen LogP contribution in [0.1, 0.15) is 23.0 Å². The first-order valence-corrected chi connectivity index (χ1v) is 11.4. The zero-order valence-corrected chi connectivity index (χ0v) is 18.4. The number of fused-ring (bicyclic) bond motifs is 1. The molecule has 168 valence electrons. The lowest BCUT2D eigenvalue weighted by Crippen LogP contribution is -2.40. The molecule has 3 aromatic rings. The van der Waals surface area contributed by atoms with E-state index in [9.17, 15) is 18.0 Å². The fourth-order valence-electron chi connectivity index (χ4n) is 3.55. The molecule has 1 N–H and O–H groups in total. The topological polar surface area (TPSA) is 115 Å². The summed E-state index contributed by atoms with van der Waals surface area (Å²) in [6, 6.07) is 10.8. The van der Waals surface area contributed by atoms with E-state index in [1.165, 1.54) is 35.5 Å². The van der Waals surface area contributed by atoms with Gasteiger partial charge in [-0.25, -0.2) is 8.42 Å². The predicted octanol–water partition coefficient (Wildman–Crippen LogP) is 2.94. The number of carbonyl (C=O) groups is 2. The van der Waals surface area contributed by atoms with E-state index < -0.39 is 21.9 Å². The predicted molar refractivity (Wildman–Crippen MR) is 116 cm³/mol. The van der Waals surface area contributed by atoms with Crippen molar-refractivity contribution in [2.75, 3.05) is 31.6 Å². The Morgan fingerprint density at radius 1 is 1.06 bits per heavy atom. The van der Waals surface area contributed by atoms with E-state index in [0.717, 1.165) is 0 Å². The zero-order valence-electron chi connectivity index (χ0n) is 17.6. The SMILES string of the molecule is CC(=O)Oc1ccc2oc(C)c(C(=O)Nc3ccc(S(=O)(=O)N4CCOCC4)cc3)c2c1. The van der Waals surface area contributed by atoms with Gasteiger partial charge >= 0.3 is 5.97 Å². The van der Waals surface area contributed by atoms with Crippen molar-refractivity contribution in [3.63, 3.8) is 0 Å². The first-order valence-electron chi connectivity index (χ1n) is 9.96. The molecule has 32 heavy (non-hydrogen) atoms. The minimum Gasteiger partial charge on any atom is -0.461 e. The fourth-order valence-corrected chi connectivity index (χ4v) is 4.96. The van der Waals surface area contributed by atoms with Crippen LogP contribution in [0.15, 0.2) is 51.8 Å². The molecule has 0 spiro atoms. The molecule has 0 unspecified atom stereocenters. The summed E-state index contributed by atoms with van der Waals surface area (Å²) in [5.74, 6) is -0.186. The van der Waals surface area contributed by atoms with Crippen molar-refractivity contribution in [3.05, 3.63) is 53.8 Å². The summed E-state index contributed by atoms with van der Waals surface area (Å²) < 4.78 is 42.8. The molecule has 0 aliphatic carbocycles. The molecule has 9 nitrogen and oxygen atoms in total. The van der Waals surface area contributed by atoms with Gasteiger partial charge in [0.15, 0.2) is 0 Å². The number of hydrogen-bond acceptors (Lipinski definition) is 7. The minimum atomic E-state index is -3.62. The number of sulfonamides is 1. The number of nitrogens with zero attached hydrogens (tertiary/aromatic N) is 1. The summed E-state index contributed by atoms with van der Waals surface area (Å²) in [5, 5.41) is 3.27. The third-order valence-corrected chi connectivity index (χ3v) is 6.96. The molecule has 1 fully saturated rings. The molecule has 2 heterocycles. The lowest BCUT2D eigenvalue weighted by molar-refractivity contribution is -0.131. The number of anilines is 1. The maximum absolute atomic E-state index is 13.0. The van der Waals surface area contributed by atoms with Gasteiger partial charge in [0.2, 0.25) is 10.0 Å². The second-order valence-electron chi connectivity index (χ2n) is 7.28. The summed E-state index contributed by atoms with van der Waals surface area (Å²) in [5.41, 5.74) is 1.22. The molecule has 2 aromatic carbocycles. The molecule has 10 heteroatoms. The van der Waals surface area contributed by atoms with Crippen molar-refractivity contribution < 1.29 is 31.9 Å². The molecule has 1 aliphatic rings. The van der Waals surface area contributed by atoms with E-state index in [1.807, 2.05) is 0 Å². The van der Waals surface area contributed by atoms with E-state index in [0.29, 0.717) is 60.0 Å². The number of rotatable bonds is 5. The number of benzene rings is 2. The summed E-state index contributed by atoms with van der Waals surface area (Å²) >= 11 is 0. The summed E-state index contributed by atoms with van der Waals surface area (Å²) in [6.07, 6.45) is 0. The number of amides is 1. The van der Waals surface area contributed by atoms with Gasteiger partial charge in [-0.1, -0.05) is 0 Å². The average molecular weight is 458 g/mol. The van der Waals surface area contributed by atoms with Crippen LogP contribution < -0.4 is 10.1 Å².